The highest BCUT2D eigenvalue weighted by Crippen LogP contribution is 2.45. The third-order valence-corrected chi connectivity index (χ3v) is 6.72. The van der Waals surface area contributed by atoms with E-state index in [-0.39, 0.29) is 29.2 Å². The summed E-state index contributed by atoms with van der Waals surface area (Å²) < 4.78 is 30.2. The van der Waals surface area contributed by atoms with Crippen LogP contribution in [0.3, 0.4) is 0 Å². The van der Waals surface area contributed by atoms with Crippen LogP contribution in [-0.4, -0.2) is 46.9 Å². The molecule has 1 unspecified atom stereocenters. The standard InChI is InChI=1S/C22H26N3O8P/c1-16(22(27)31-19-12-14-24(15-13-19)17(2)26)23-34(30,32-20-6-4-3-5-7-20)33-21-10-8-18(9-11-21)25(28)29/h3-11,16,19H,12-15H2,1-2H3,(H,23,30)/t16-,34?/m0/s1. The van der Waals surface area contributed by atoms with Crippen LogP contribution in [0.1, 0.15) is 26.7 Å². The van der Waals surface area contributed by atoms with Gasteiger partial charge < -0.3 is 18.7 Å². The van der Waals surface area contributed by atoms with Gasteiger partial charge in [-0.15, -0.1) is 0 Å². The highest BCUT2D eigenvalue weighted by atomic mass is 31.2. The Morgan fingerprint density at radius 3 is 2.15 bits per heavy atom. The maximum atomic E-state index is 13.6. The lowest BCUT2D eigenvalue weighted by Gasteiger charge is -2.31. The molecule has 0 spiro atoms. The number of benzene rings is 2. The average molecular weight is 491 g/mol. The number of nitrogens with one attached hydrogen (secondary N) is 1. The van der Waals surface area contributed by atoms with Gasteiger partial charge in [-0.1, -0.05) is 18.2 Å². The first kappa shape index (κ1) is 25.2. The van der Waals surface area contributed by atoms with E-state index in [1.807, 2.05) is 0 Å². The third-order valence-electron chi connectivity index (χ3n) is 5.12. The number of nitro groups is 1. The van der Waals surface area contributed by atoms with Gasteiger partial charge in [0.2, 0.25) is 5.91 Å². The summed E-state index contributed by atoms with van der Waals surface area (Å²) in [6, 6.07) is 12.2. The molecule has 0 aliphatic carbocycles. The van der Waals surface area contributed by atoms with Gasteiger partial charge in [-0.3, -0.25) is 19.7 Å². The van der Waals surface area contributed by atoms with Crippen LogP contribution in [0.15, 0.2) is 54.6 Å². The van der Waals surface area contributed by atoms with Crippen LogP contribution in [0.5, 0.6) is 11.5 Å². The Hall–Kier alpha value is -3.43. The summed E-state index contributed by atoms with van der Waals surface area (Å²) in [5.41, 5.74) is -0.160. The van der Waals surface area contributed by atoms with Gasteiger partial charge in [0, 0.05) is 45.0 Å². The van der Waals surface area contributed by atoms with Crippen molar-refractivity contribution in [1.82, 2.24) is 9.99 Å². The molecule has 1 amide bonds. The summed E-state index contributed by atoms with van der Waals surface area (Å²) in [5, 5.41) is 13.5. The zero-order valence-electron chi connectivity index (χ0n) is 18.8. The molecule has 0 saturated carbocycles. The van der Waals surface area contributed by atoms with Crippen molar-refractivity contribution < 1.29 is 32.9 Å². The van der Waals surface area contributed by atoms with Gasteiger partial charge in [0.1, 0.15) is 23.6 Å². The molecule has 1 aliphatic rings. The number of non-ortho nitro benzene ring substituents is 1. The second-order valence-corrected chi connectivity index (χ2v) is 9.36. The summed E-state index contributed by atoms with van der Waals surface area (Å²) in [6.07, 6.45) is 0.655. The summed E-state index contributed by atoms with van der Waals surface area (Å²) in [7, 11) is -4.16. The quantitative estimate of drug-likeness (QED) is 0.241. The zero-order valence-corrected chi connectivity index (χ0v) is 19.7. The molecule has 1 fully saturated rings. The number of carbonyl (C=O) groups excluding carboxylic acids is 2. The van der Waals surface area contributed by atoms with Crippen molar-refractivity contribution in [3.8, 4) is 11.5 Å². The first-order valence-corrected chi connectivity index (χ1v) is 12.2. The van der Waals surface area contributed by atoms with Gasteiger partial charge in [0.05, 0.1) is 4.92 Å². The van der Waals surface area contributed by atoms with Crippen LogP contribution in [0.4, 0.5) is 5.69 Å². The second kappa shape index (κ2) is 11.1. The summed E-state index contributed by atoms with van der Waals surface area (Å²) in [5.74, 6) is -0.389. The third kappa shape index (κ3) is 7.03. The van der Waals surface area contributed by atoms with Crippen molar-refractivity contribution >= 4 is 25.3 Å². The van der Waals surface area contributed by atoms with Crippen LogP contribution < -0.4 is 14.1 Å². The summed E-state index contributed by atoms with van der Waals surface area (Å²) in [6.45, 7) is 3.95. The monoisotopic (exact) mass is 491 g/mol. The number of ether oxygens (including phenoxy) is 1. The number of likely N-dealkylation sites (tertiary alicyclic amines) is 1. The maximum absolute atomic E-state index is 13.6. The number of carbonyl (C=O) groups is 2. The molecule has 182 valence electrons. The van der Waals surface area contributed by atoms with Crippen molar-refractivity contribution in [3.05, 3.63) is 64.7 Å². The van der Waals surface area contributed by atoms with E-state index >= 15 is 0 Å². The van der Waals surface area contributed by atoms with Crippen molar-refractivity contribution in [2.24, 2.45) is 0 Å². The maximum Gasteiger partial charge on any atom is 0.513 e. The minimum Gasteiger partial charge on any atom is -0.461 e. The second-order valence-electron chi connectivity index (χ2n) is 7.74. The number of esters is 1. The first-order valence-electron chi connectivity index (χ1n) is 10.7. The number of rotatable bonds is 9. The predicted molar refractivity (Wildman–Crippen MR) is 122 cm³/mol. The van der Waals surface area contributed by atoms with Gasteiger partial charge in [-0.05, 0) is 31.2 Å². The molecule has 34 heavy (non-hydrogen) atoms. The largest absolute Gasteiger partial charge is 0.513 e. The molecule has 0 aromatic heterocycles. The van der Waals surface area contributed by atoms with Gasteiger partial charge in [-0.2, -0.15) is 5.09 Å². The zero-order chi connectivity index (χ0) is 24.7. The Kier molecular flexibility index (Phi) is 8.25. The lowest BCUT2D eigenvalue weighted by Crippen LogP contribution is -2.43. The topological polar surface area (TPSA) is 137 Å². The Balaban J connectivity index is 1.68. The molecule has 1 aliphatic heterocycles. The fraction of sp³-hybridized carbons (Fsp3) is 0.364. The van der Waals surface area contributed by atoms with Crippen LogP contribution in [0.2, 0.25) is 0 Å². The minimum absolute atomic E-state index is 0.0257. The van der Waals surface area contributed by atoms with Crippen molar-refractivity contribution in [1.29, 1.82) is 0 Å². The van der Waals surface area contributed by atoms with E-state index in [1.165, 1.54) is 38.1 Å². The van der Waals surface area contributed by atoms with E-state index in [4.69, 9.17) is 13.8 Å². The Morgan fingerprint density at radius 1 is 1.06 bits per heavy atom. The molecule has 11 nitrogen and oxygen atoms in total. The lowest BCUT2D eigenvalue weighted by atomic mass is 10.1. The molecule has 2 atom stereocenters. The number of hydrogen-bond acceptors (Lipinski definition) is 8. The molecule has 3 rings (SSSR count). The van der Waals surface area contributed by atoms with Crippen LogP contribution in [0.25, 0.3) is 0 Å². The van der Waals surface area contributed by atoms with Crippen LogP contribution >= 0.6 is 7.75 Å². The van der Waals surface area contributed by atoms with E-state index in [2.05, 4.69) is 5.09 Å². The number of nitrogens with zero attached hydrogens (tertiary/aromatic N) is 2. The summed E-state index contributed by atoms with van der Waals surface area (Å²) in [4.78, 5) is 36.1. The van der Waals surface area contributed by atoms with Gasteiger partial charge >= 0.3 is 13.7 Å². The van der Waals surface area contributed by atoms with Crippen molar-refractivity contribution in [3.63, 3.8) is 0 Å². The van der Waals surface area contributed by atoms with Crippen molar-refractivity contribution in [2.75, 3.05) is 13.1 Å². The molecule has 12 heteroatoms. The SMILES string of the molecule is CC(=O)N1CCC(OC(=O)[C@H](C)NP(=O)(Oc2ccccc2)Oc2ccc([N+](=O)[O-])cc2)CC1. The Morgan fingerprint density at radius 2 is 1.62 bits per heavy atom. The number of hydrogen-bond donors (Lipinski definition) is 1. The molecule has 2 aromatic rings. The Labute approximate surface area is 196 Å². The fourth-order valence-corrected chi connectivity index (χ4v) is 4.82. The van der Waals surface area contributed by atoms with E-state index < -0.39 is 24.7 Å². The van der Waals surface area contributed by atoms with E-state index in [9.17, 15) is 24.3 Å². The average Bonchev–Trinajstić information content (AvgIpc) is 2.80. The first-order chi connectivity index (χ1) is 16.1. The Bertz CT molecular complexity index is 1060. The molecule has 1 heterocycles. The molecule has 1 saturated heterocycles. The molecule has 1 N–H and O–H groups in total. The number of piperidine rings is 1. The van der Waals surface area contributed by atoms with Crippen LogP contribution in [0, 0.1) is 10.1 Å². The molecule has 0 radical (unpaired) electrons. The fourth-order valence-electron chi connectivity index (χ4n) is 3.30. The highest BCUT2D eigenvalue weighted by Gasteiger charge is 2.35. The van der Waals surface area contributed by atoms with E-state index in [0.717, 1.165) is 0 Å². The normalized spacial score (nSPS) is 16.7. The van der Waals surface area contributed by atoms with Gasteiger partial charge in [-0.25, -0.2) is 4.57 Å². The molecule has 2 aromatic carbocycles. The minimum atomic E-state index is -4.16. The number of para-hydroxylation sites is 1. The van der Waals surface area contributed by atoms with E-state index in [1.54, 1.807) is 35.2 Å². The van der Waals surface area contributed by atoms with Gasteiger partial charge in [0.25, 0.3) is 5.69 Å². The van der Waals surface area contributed by atoms with Crippen LogP contribution in [-0.2, 0) is 18.9 Å². The van der Waals surface area contributed by atoms with E-state index in [0.29, 0.717) is 25.9 Å². The molecular formula is C22H26N3O8P. The lowest BCUT2D eigenvalue weighted by molar-refractivity contribution is -0.384. The molecule has 0 bridgehead atoms. The van der Waals surface area contributed by atoms with Gasteiger partial charge in [0.15, 0.2) is 0 Å². The number of amides is 1. The summed E-state index contributed by atoms with van der Waals surface area (Å²) >= 11 is 0. The smallest absolute Gasteiger partial charge is 0.461 e. The molecular weight excluding hydrogens is 465 g/mol. The predicted octanol–water partition coefficient (Wildman–Crippen LogP) is 3.69. The number of nitro benzene ring substituents is 1. The highest BCUT2D eigenvalue weighted by molar-refractivity contribution is 7.52. The van der Waals surface area contributed by atoms with Crippen molar-refractivity contribution in [2.45, 2.75) is 38.8 Å².